The van der Waals surface area contributed by atoms with Gasteiger partial charge in [-0.1, -0.05) is 23.2 Å². The van der Waals surface area contributed by atoms with E-state index in [-0.39, 0.29) is 35.7 Å². The molecule has 17 heavy (non-hydrogen) atoms. The Balaban J connectivity index is 2.26. The predicted molar refractivity (Wildman–Crippen MR) is 63.0 cm³/mol. The molecule has 0 radical (unpaired) electrons. The minimum Gasteiger partial charge on any atom is -0.366 e. The van der Waals surface area contributed by atoms with Crippen molar-refractivity contribution in [3.05, 3.63) is 16.4 Å². The van der Waals surface area contributed by atoms with Crippen molar-refractivity contribution in [2.45, 2.75) is 31.7 Å². The molecule has 0 aromatic carbocycles. The Bertz CT molecular complexity index is 428. The smallest absolute Gasteiger partial charge is 0.251 e. The van der Waals surface area contributed by atoms with E-state index >= 15 is 0 Å². The number of piperidine rings is 1. The average molecular weight is 282 g/mol. The van der Waals surface area contributed by atoms with Gasteiger partial charge >= 0.3 is 0 Å². The Morgan fingerprint density at radius 1 is 1.41 bits per heavy atom. The topological polar surface area (TPSA) is 29.0 Å². The summed E-state index contributed by atoms with van der Waals surface area (Å²) < 4.78 is 26.4. The lowest BCUT2D eigenvalue weighted by atomic mass is 9.99. The Kier molecular flexibility index (Phi) is 3.41. The van der Waals surface area contributed by atoms with Gasteiger partial charge in [-0.05, 0) is 6.92 Å². The van der Waals surface area contributed by atoms with E-state index in [9.17, 15) is 8.78 Å². The number of rotatable bonds is 1. The molecule has 1 aromatic rings. The second-order valence-electron chi connectivity index (χ2n) is 4.20. The fourth-order valence-electron chi connectivity index (χ4n) is 2.05. The molecule has 94 valence electrons. The average Bonchev–Trinajstić information content (AvgIpc) is 2.21. The van der Waals surface area contributed by atoms with Crippen LogP contribution in [0.2, 0.25) is 10.3 Å². The largest absolute Gasteiger partial charge is 0.366 e. The first-order chi connectivity index (χ1) is 7.89. The van der Waals surface area contributed by atoms with Gasteiger partial charge in [-0.25, -0.2) is 8.78 Å². The lowest BCUT2D eigenvalue weighted by Gasteiger charge is -2.39. The molecule has 0 spiro atoms. The molecule has 7 heteroatoms. The zero-order valence-corrected chi connectivity index (χ0v) is 10.6. The molecule has 0 aliphatic carbocycles. The van der Waals surface area contributed by atoms with Crippen LogP contribution < -0.4 is 4.90 Å². The summed E-state index contributed by atoms with van der Waals surface area (Å²) in [7, 11) is 0. The summed E-state index contributed by atoms with van der Waals surface area (Å²) in [5.74, 6) is -2.60. The third kappa shape index (κ3) is 2.77. The van der Waals surface area contributed by atoms with Gasteiger partial charge in [0.25, 0.3) is 5.92 Å². The minimum atomic E-state index is -2.60. The van der Waals surface area contributed by atoms with Gasteiger partial charge in [0, 0.05) is 31.5 Å². The van der Waals surface area contributed by atoms with Crippen molar-refractivity contribution >= 4 is 28.9 Å². The van der Waals surface area contributed by atoms with Gasteiger partial charge in [-0.2, -0.15) is 0 Å². The molecule has 1 unspecified atom stereocenters. The monoisotopic (exact) mass is 281 g/mol. The zero-order chi connectivity index (χ0) is 12.6. The van der Waals surface area contributed by atoms with Crippen molar-refractivity contribution in [2.75, 3.05) is 11.4 Å². The molecule has 1 atom stereocenters. The van der Waals surface area contributed by atoms with Crippen molar-refractivity contribution in [2.24, 2.45) is 0 Å². The van der Waals surface area contributed by atoms with Gasteiger partial charge in [0.2, 0.25) is 0 Å². The van der Waals surface area contributed by atoms with E-state index in [1.54, 1.807) is 17.9 Å². The standard InChI is InChI=1S/C10H11Cl2F2N3/c1-6-5-10(13,14)2-3-17(6)7-4-8(11)15-16-9(7)12/h4,6H,2-3,5H2,1H3. The lowest BCUT2D eigenvalue weighted by molar-refractivity contribution is -0.0318. The van der Waals surface area contributed by atoms with Crippen LogP contribution in [-0.4, -0.2) is 28.7 Å². The second-order valence-corrected chi connectivity index (χ2v) is 4.94. The fraction of sp³-hybridized carbons (Fsp3) is 0.600. The minimum absolute atomic E-state index is 0.187. The van der Waals surface area contributed by atoms with Gasteiger partial charge in [-0.15, -0.1) is 10.2 Å². The van der Waals surface area contributed by atoms with Crippen LogP contribution in [0.4, 0.5) is 14.5 Å². The Morgan fingerprint density at radius 3 is 2.76 bits per heavy atom. The molecule has 3 nitrogen and oxygen atoms in total. The third-order valence-electron chi connectivity index (χ3n) is 2.85. The first-order valence-corrected chi connectivity index (χ1v) is 5.98. The van der Waals surface area contributed by atoms with Crippen molar-refractivity contribution in [1.29, 1.82) is 0 Å². The lowest BCUT2D eigenvalue weighted by Crippen LogP contribution is -2.45. The van der Waals surface area contributed by atoms with E-state index < -0.39 is 5.92 Å². The molecule has 2 heterocycles. The first kappa shape index (κ1) is 12.8. The van der Waals surface area contributed by atoms with Gasteiger partial charge in [0.15, 0.2) is 10.3 Å². The number of alkyl halides is 2. The second kappa shape index (κ2) is 4.53. The molecule has 0 amide bonds. The van der Waals surface area contributed by atoms with Crippen LogP contribution in [0.5, 0.6) is 0 Å². The molecule has 0 N–H and O–H groups in total. The van der Waals surface area contributed by atoms with Crippen LogP contribution in [0.3, 0.4) is 0 Å². The maximum atomic E-state index is 13.2. The third-order valence-corrected chi connectivity index (χ3v) is 3.31. The predicted octanol–water partition coefficient (Wildman–Crippen LogP) is 3.41. The number of halogens is 4. The van der Waals surface area contributed by atoms with Crippen molar-refractivity contribution < 1.29 is 8.78 Å². The molecule has 1 saturated heterocycles. The maximum absolute atomic E-state index is 13.2. The van der Waals surface area contributed by atoms with Crippen molar-refractivity contribution in [3.8, 4) is 0 Å². The highest BCUT2D eigenvalue weighted by atomic mass is 35.5. The van der Waals surface area contributed by atoms with Crippen LogP contribution in [0.25, 0.3) is 0 Å². The Morgan fingerprint density at radius 2 is 2.12 bits per heavy atom. The number of anilines is 1. The number of nitrogens with zero attached hydrogens (tertiary/aromatic N) is 3. The molecule has 2 rings (SSSR count). The van der Waals surface area contributed by atoms with Crippen LogP contribution >= 0.6 is 23.2 Å². The summed E-state index contributed by atoms with van der Waals surface area (Å²) in [6.07, 6.45) is -0.378. The molecule has 1 aromatic heterocycles. The van der Waals surface area contributed by atoms with E-state index in [4.69, 9.17) is 23.2 Å². The van der Waals surface area contributed by atoms with Gasteiger partial charge in [-0.3, -0.25) is 0 Å². The number of hydrogen-bond donors (Lipinski definition) is 0. The van der Waals surface area contributed by atoms with Crippen molar-refractivity contribution in [3.63, 3.8) is 0 Å². The van der Waals surface area contributed by atoms with Gasteiger partial charge in [0.05, 0.1) is 5.69 Å². The van der Waals surface area contributed by atoms with E-state index in [2.05, 4.69) is 10.2 Å². The van der Waals surface area contributed by atoms with Crippen LogP contribution in [0, 0.1) is 0 Å². The highest BCUT2D eigenvalue weighted by molar-refractivity contribution is 6.33. The van der Waals surface area contributed by atoms with E-state index in [1.165, 1.54) is 0 Å². The molecule has 1 aliphatic heterocycles. The molecular weight excluding hydrogens is 271 g/mol. The summed E-state index contributed by atoms with van der Waals surface area (Å²) in [5.41, 5.74) is 0.565. The highest BCUT2D eigenvalue weighted by Gasteiger charge is 2.39. The number of aromatic nitrogens is 2. The summed E-state index contributed by atoms with van der Waals surface area (Å²) in [5, 5.41) is 7.66. The van der Waals surface area contributed by atoms with Gasteiger partial charge < -0.3 is 4.90 Å². The molecule has 1 aliphatic rings. The summed E-state index contributed by atoms with van der Waals surface area (Å²) in [6, 6.07) is 1.24. The van der Waals surface area contributed by atoms with Crippen molar-refractivity contribution in [1.82, 2.24) is 10.2 Å². The molecular formula is C10H11Cl2F2N3. The van der Waals surface area contributed by atoms with Crippen LogP contribution in [0.1, 0.15) is 19.8 Å². The fourth-order valence-corrected chi connectivity index (χ4v) is 2.39. The normalized spacial score (nSPS) is 23.8. The molecule has 0 saturated carbocycles. The molecule has 0 bridgehead atoms. The quantitative estimate of drug-likeness (QED) is 0.790. The first-order valence-electron chi connectivity index (χ1n) is 5.22. The maximum Gasteiger partial charge on any atom is 0.251 e. The summed E-state index contributed by atoms with van der Waals surface area (Å²) in [6.45, 7) is 1.97. The molecule has 1 fully saturated rings. The van der Waals surface area contributed by atoms with E-state index in [1.807, 2.05) is 0 Å². The Hall–Kier alpha value is -0.680. The van der Waals surface area contributed by atoms with Crippen LogP contribution in [-0.2, 0) is 0 Å². The number of hydrogen-bond acceptors (Lipinski definition) is 3. The zero-order valence-electron chi connectivity index (χ0n) is 9.13. The Labute approximate surface area is 108 Å². The summed E-state index contributed by atoms with van der Waals surface area (Å²) >= 11 is 11.6. The van der Waals surface area contributed by atoms with E-state index in [0.717, 1.165) is 0 Å². The summed E-state index contributed by atoms with van der Waals surface area (Å²) in [4.78, 5) is 1.79. The highest BCUT2D eigenvalue weighted by Crippen LogP contribution is 2.36. The SMILES string of the molecule is CC1CC(F)(F)CCN1c1cc(Cl)nnc1Cl. The van der Waals surface area contributed by atoms with E-state index in [0.29, 0.717) is 5.69 Å². The van der Waals surface area contributed by atoms with Gasteiger partial charge in [0.1, 0.15) is 0 Å². The van der Waals surface area contributed by atoms with Crippen LogP contribution in [0.15, 0.2) is 6.07 Å².